The second-order valence-corrected chi connectivity index (χ2v) is 6.71. The molecule has 0 amide bonds. The van der Waals surface area contributed by atoms with E-state index in [-0.39, 0.29) is 0 Å². The monoisotopic (exact) mass is 290 g/mol. The molecule has 1 fully saturated rings. The Bertz CT molecular complexity index is 423. The number of aromatic nitrogens is 1. The van der Waals surface area contributed by atoms with Gasteiger partial charge in [-0.2, -0.15) is 0 Å². The van der Waals surface area contributed by atoms with Gasteiger partial charge in [-0.1, -0.05) is 13.8 Å². The molecule has 4 heteroatoms. The fourth-order valence-corrected chi connectivity index (χ4v) is 2.98. The molecule has 118 valence electrons. The van der Waals surface area contributed by atoms with Crippen molar-refractivity contribution in [2.24, 2.45) is 5.92 Å². The Balaban J connectivity index is 1.97. The molecule has 0 unspecified atom stereocenters. The van der Waals surface area contributed by atoms with Crippen molar-refractivity contribution in [1.82, 2.24) is 15.2 Å². The first-order chi connectivity index (χ1) is 10.1. The van der Waals surface area contributed by atoms with Gasteiger partial charge >= 0.3 is 0 Å². The molecule has 0 saturated carbocycles. The Morgan fingerprint density at radius 2 is 2.05 bits per heavy atom. The van der Waals surface area contributed by atoms with Crippen LogP contribution < -0.4 is 10.2 Å². The topological polar surface area (TPSA) is 31.4 Å². The van der Waals surface area contributed by atoms with Crippen LogP contribution in [0.5, 0.6) is 0 Å². The summed E-state index contributed by atoms with van der Waals surface area (Å²) in [7, 11) is 4.38. The van der Waals surface area contributed by atoms with Crippen molar-refractivity contribution >= 4 is 5.69 Å². The van der Waals surface area contributed by atoms with Crippen molar-refractivity contribution < 1.29 is 0 Å². The summed E-state index contributed by atoms with van der Waals surface area (Å²) in [6.07, 6.45) is 6.42. The maximum Gasteiger partial charge on any atom is 0.0442 e. The van der Waals surface area contributed by atoms with Crippen LogP contribution in [0, 0.1) is 5.92 Å². The van der Waals surface area contributed by atoms with E-state index >= 15 is 0 Å². The maximum atomic E-state index is 4.31. The average Bonchev–Trinajstić information content (AvgIpc) is 2.47. The molecule has 4 nitrogen and oxygen atoms in total. The molecule has 0 aliphatic carbocycles. The lowest BCUT2D eigenvalue weighted by atomic mass is 10.0. The summed E-state index contributed by atoms with van der Waals surface area (Å²) in [4.78, 5) is 9.18. The summed E-state index contributed by atoms with van der Waals surface area (Å²) in [5, 5.41) is 3.53. The number of nitrogens with one attached hydrogen (secondary N) is 1. The van der Waals surface area contributed by atoms with Crippen LogP contribution in [0.15, 0.2) is 18.5 Å². The van der Waals surface area contributed by atoms with Crippen molar-refractivity contribution in [1.29, 1.82) is 0 Å². The number of anilines is 1. The van der Waals surface area contributed by atoms with Crippen molar-refractivity contribution in [3.05, 3.63) is 24.0 Å². The van der Waals surface area contributed by atoms with Crippen molar-refractivity contribution in [2.45, 2.75) is 39.3 Å². The first kappa shape index (κ1) is 16.2. The van der Waals surface area contributed by atoms with E-state index in [1.54, 1.807) is 0 Å². The lowest BCUT2D eigenvalue weighted by Crippen LogP contribution is -2.42. The number of piperidine rings is 1. The third-order valence-electron chi connectivity index (χ3n) is 4.28. The SMILES string of the molecule is CC(C)CNCc1cnccc1N1CCC(N(C)C)CC1. The van der Waals surface area contributed by atoms with Crippen LogP contribution in [0.25, 0.3) is 0 Å². The third kappa shape index (κ3) is 4.68. The highest BCUT2D eigenvalue weighted by atomic mass is 15.2. The molecule has 2 rings (SSSR count). The van der Waals surface area contributed by atoms with Crippen molar-refractivity contribution in [2.75, 3.05) is 38.6 Å². The summed E-state index contributed by atoms with van der Waals surface area (Å²) in [5.41, 5.74) is 2.68. The fourth-order valence-electron chi connectivity index (χ4n) is 2.98. The van der Waals surface area contributed by atoms with Crippen molar-refractivity contribution in [3.8, 4) is 0 Å². The van der Waals surface area contributed by atoms with E-state index in [0.29, 0.717) is 5.92 Å². The average molecular weight is 290 g/mol. The fraction of sp³-hybridized carbons (Fsp3) is 0.706. The minimum atomic E-state index is 0.681. The van der Waals surface area contributed by atoms with Gasteiger partial charge in [0, 0.05) is 49.3 Å². The highest BCUT2D eigenvalue weighted by molar-refractivity contribution is 5.52. The zero-order valence-corrected chi connectivity index (χ0v) is 14.0. The van der Waals surface area contributed by atoms with Crippen molar-refractivity contribution in [3.63, 3.8) is 0 Å². The number of pyridine rings is 1. The van der Waals surface area contributed by atoms with Gasteiger partial charge < -0.3 is 15.1 Å². The van der Waals surface area contributed by atoms with Gasteiger partial charge in [-0.3, -0.25) is 4.98 Å². The molecule has 21 heavy (non-hydrogen) atoms. The molecule has 0 radical (unpaired) electrons. The molecular weight excluding hydrogens is 260 g/mol. The zero-order valence-electron chi connectivity index (χ0n) is 14.0. The molecular formula is C17H30N4. The largest absolute Gasteiger partial charge is 0.371 e. The number of rotatable bonds is 6. The summed E-state index contributed by atoms with van der Waals surface area (Å²) in [6.45, 7) is 8.73. The summed E-state index contributed by atoms with van der Waals surface area (Å²) >= 11 is 0. The molecule has 1 aliphatic rings. The van der Waals surface area contributed by atoms with Crippen LogP contribution in [-0.2, 0) is 6.54 Å². The van der Waals surface area contributed by atoms with Gasteiger partial charge in [-0.15, -0.1) is 0 Å². The molecule has 1 aromatic heterocycles. The highest BCUT2D eigenvalue weighted by Crippen LogP contribution is 2.24. The quantitative estimate of drug-likeness (QED) is 0.871. The molecule has 1 N–H and O–H groups in total. The Morgan fingerprint density at radius 3 is 2.67 bits per heavy atom. The lowest BCUT2D eigenvalue weighted by molar-refractivity contribution is 0.249. The molecule has 1 aliphatic heterocycles. The number of hydrogen-bond donors (Lipinski definition) is 1. The third-order valence-corrected chi connectivity index (χ3v) is 4.28. The zero-order chi connectivity index (χ0) is 15.2. The minimum Gasteiger partial charge on any atom is -0.371 e. The van der Waals surface area contributed by atoms with Gasteiger partial charge in [0.25, 0.3) is 0 Å². The van der Waals surface area contributed by atoms with Crippen LogP contribution in [0.3, 0.4) is 0 Å². The van der Waals surface area contributed by atoms with E-state index in [2.05, 4.69) is 54.1 Å². The molecule has 0 atom stereocenters. The Morgan fingerprint density at radius 1 is 1.33 bits per heavy atom. The van der Waals surface area contributed by atoms with Gasteiger partial charge in [-0.05, 0) is 45.5 Å². The Hall–Kier alpha value is -1.13. The number of nitrogens with zero attached hydrogens (tertiary/aromatic N) is 3. The van der Waals surface area contributed by atoms with E-state index in [9.17, 15) is 0 Å². The molecule has 0 bridgehead atoms. The van der Waals surface area contributed by atoms with E-state index in [1.165, 1.54) is 24.1 Å². The van der Waals surface area contributed by atoms with Gasteiger partial charge in [-0.25, -0.2) is 0 Å². The summed E-state index contributed by atoms with van der Waals surface area (Å²) < 4.78 is 0. The molecule has 2 heterocycles. The molecule has 1 aromatic rings. The summed E-state index contributed by atoms with van der Waals surface area (Å²) in [6, 6.07) is 2.90. The molecule has 1 saturated heterocycles. The first-order valence-corrected chi connectivity index (χ1v) is 8.13. The van der Waals surface area contributed by atoms with Crippen LogP contribution in [0.1, 0.15) is 32.3 Å². The molecule has 0 spiro atoms. The maximum absolute atomic E-state index is 4.31. The van der Waals surface area contributed by atoms with Gasteiger partial charge in [0.1, 0.15) is 0 Å². The smallest absolute Gasteiger partial charge is 0.0442 e. The van der Waals surface area contributed by atoms with Crippen LogP contribution in [0.2, 0.25) is 0 Å². The molecule has 0 aromatic carbocycles. The highest BCUT2D eigenvalue weighted by Gasteiger charge is 2.22. The van der Waals surface area contributed by atoms with Gasteiger partial charge in [0.15, 0.2) is 0 Å². The summed E-state index contributed by atoms with van der Waals surface area (Å²) in [5.74, 6) is 0.681. The Labute approximate surface area is 129 Å². The van der Waals surface area contributed by atoms with E-state index < -0.39 is 0 Å². The Kier molecular flexibility index (Phi) is 6.00. The predicted octanol–water partition coefficient (Wildman–Crippen LogP) is 2.36. The van der Waals surface area contributed by atoms with E-state index in [1.807, 2.05) is 12.4 Å². The van der Waals surface area contributed by atoms with Gasteiger partial charge in [0.05, 0.1) is 0 Å². The first-order valence-electron chi connectivity index (χ1n) is 8.13. The standard InChI is InChI=1S/C17H30N4/c1-14(2)11-19-13-15-12-18-8-5-17(15)21-9-6-16(7-10-21)20(3)4/h5,8,12,14,16,19H,6-7,9-11,13H2,1-4H3. The second-order valence-electron chi connectivity index (χ2n) is 6.71. The second kappa shape index (κ2) is 7.76. The van der Waals surface area contributed by atoms with Crippen LogP contribution >= 0.6 is 0 Å². The number of hydrogen-bond acceptors (Lipinski definition) is 4. The van der Waals surface area contributed by atoms with E-state index in [0.717, 1.165) is 32.2 Å². The lowest BCUT2D eigenvalue weighted by Gasteiger charge is -2.37. The normalized spacial score (nSPS) is 17.0. The van der Waals surface area contributed by atoms with Gasteiger partial charge in [0.2, 0.25) is 0 Å². The predicted molar refractivity (Wildman–Crippen MR) is 89.7 cm³/mol. The van der Waals surface area contributed by atoms with Crippen LogP contribution in [0.4, 0.5) is 5.69 Å². The van der Waals surface area contributed by atoms with Crippen LogP contribution in [-0.4, -0.2) is 49.7 Å². The minimum absolute atomic E-state index is 0.681. The van der Waals surface area contributed by atoms with E-state index in [4.69, 9.17) is 0 Å².